The first-order valence-electron chi connectivity index (χ1n) is 8.26. The van der Waals surface area contributed by atoms with Gasteiger partial charge in [0.25, 0.3) is 0 Å². The molecule has 0 amide bonds. The van der Waals surface area contributed by atoms with E-state index in [1.807, 2.05) is 13.8 Å². The zero-order valence-electron chi connectivity index (χ0n) is 14.5. The Morgan fingerprint density at radius 2 is 1.96 bits per heavy atom. The SMILES string of the molecule is CCNCC(O)(OCC)c1ccnc(NCc2ccc(O)cc2O)c1. The lowest BCUT2D eigenvalue weighted by Crippen LogP contribution is -2.40. The number of anilines is 1. The van der Waals surface area contributed by atoms with Crippen molar-refractivity contribution < 1.29 is 20.1 Å². The third-order valence-corrected chi connectivity index (χ3v) is 3.74. The second-order valence-corrected chi connectivity index (χ2v) is 5.59. The molecule has 0 spiro atoms. The van der Waals surface area contributed by atoms with Gasteiger partial charge in [-0.1, -0.05) is 6.92 Å². The quantitative estimate of drug-likeness (QED) is 0.441. The molecule has 1 heterocycles. The Morgan fingerprint density at radius 3 is 2.64 bits per heavy atom. The molecule has 136 valence electrons. The van der Waals surface area contributed by atoms with Crippen LogP contribution in [0.2, 0.25) is 0 Å². The number of hydrogen-bond acceptors (Lipinski definition) is 7. The first kappa shape index (κ1) is 19.0. The minimum Gasteiger partial charge on any atom is -0.508 e. The van der Waals surface area contributed by atoms with Gasteiger partial charge in [-0.15, -0.1) is 0 Å². The van der Waals surface area contributed by atoms with Crippen molar-refractivity contribution in [3.63, 3.8) is 0 Å². The zero-order chi connectivity index (χ0) is 18.3. The second-order valence-electron chi connectivity index (χ2n) is 5.59. The highest BCUT2D eigenvalue weighted by atomic mass is 16.6. The third kappa shape index (κ3) is 5.06. The van der Waals surface area contributed by atoms with Crippen LogP contribution in [0.5, 0.6) is 11.5 Å². The molecule has 25 heavy (non-hydrogen) atoms. The molecule has 5 N–H and O–H groups in total. The van der Waals surface area contributed by atoms with Crippen molar-refractivity contribution in [1.29, 1.82) is 0 Å². The number of pyridine rings is 1. The van der Waals surface area contributed by atoms with Crippen LogP contribution in [0.3, 0.4) is 0 Å². The van der Waals surface area contributed by atoms with E-state index in [2.05, 4.69) is 15.6 Å². The number of nitrogens with zero attached hydrogens (tertiary/aromatic N) is 1. The molecule has 7 heteroatoms. The van der Waals surface area contributed by atoms with Crippen LogP contribution in [-0.4, -0.2) is 40.0 Å². The van der Waals surface area contributed by atoms with Crippen molar-refractivity contribution in [1.82, 2.24) is 10.3 Å². The van der Waals surface area contributed by atoms with Crippen molar-refractivity contribution in [3.8, 4) is 11.5 Å². The zero-order valence-corrected chi connectivity index (χ0v) is 14.5. The maximum atomic E-state index is 10.8. The molecule has 1 unspecified atom stereocenters. The smallest absolute Gasteiger partial charge is 0.205 e. The highest BCUT2D eigenvalue weighted by molar-refractivity contribution is 5.44. The van der Waals surface area contributed by atoms with E-state index >= 15 is 0 Å². The molecule has 1 aromatic heterocycles. The summed E-state index contributed by atoms with van der Waals surface area (Å²) >= 11 is 0. The summed E-state index contributed by atoms with van der Waals surface area (Å²) < 4.78 is 5.54. The average molecular weight is 347 g/mol. The Labute approximate surface area is 147 Å². The number of phenolic OH excluding ortho intramolecular Hbond substituents is 2. The van der Waals surface area contributed by atoms with Crippen molar-refractivity contribution >= 4 is 5.82 Å². The minimum atomic E-state index is -1.44. The van der Waals surface area contributed by atoms with Gasteiger partial charge in [-0.25, -0.2) is 4.98 Å². The van der Waals surface area contributed by atoms with Crippen molar-refractivity contribution in [2.75, 3.05) is 25.0 Å². The van der Waals surface area contributed by atoms with Crippen LogP contribution in [0.4, 0.5) is 5.82 Å². The molecule has 7 nitrogen and oxygen atoms in total. The van der Waals surface area contributed by atoms with E-state index in [1.165, 1.54) is 12.1 Å². The van der Waals surface area contributed by atoms with E-state index in [1.54, 1.807) is 24.4 Å². The predicted octanol–water partition coefficient (Wildman–Crippen LogP) is 1.90. The van der Waals surface area contributed by atoms with Crippen LogP contribution in [0.25, 0.3) is 0 Å². The van der Waals surface area contributed by atoms with Crippen LogP contribution in [0.15, 0.2) is 36.5 Å². The summed E-state index contributed by atoms with van der Waals surface area (Å²) in [4.78, 5) is 4.23. The molecule has 0 bridgehead atoms. The number of likely N-dealkylation sites (N-methyl/N-ethyl adjacent to an activating group) is 1. The molecule has 0 saturated heterocycles. The van der Waals surface area contributed by atoms with E-state index in [4.69, 9.17) is 4.74 Å². The summed E-state index contributed by atoms with van der Waals surface area (Å²) in [7, 11) is 0. The first-order valence-corrected chi connectivity index (χ1v) is 8.26. The maximum Gasteiger partial charge on any atom is 0.205 e. The van der Waals surface area contributed by atoms with Gasteiger partial charge in [0, 0.05) is 36.5 Å². The van der Waals surface area contributed by atoms with Crippen molar-refractivity contribution in [2.45, 2.75) is 26.2 Å². The Hall–Kier alpha value is -2.35. The molecule has 2 rings (SSSR count). The van der Waals surface area contributed by atoms with E-state index in [0.717, 1.165) is 0 Å². The fraction of sp³-hybridized carbons (Fsp3) is 0.389. The van der Waals surface area contributed by atoms with E-state index in [-0.39, 0.29) is 18.0 Å². The first-order chi connectivity index (χ1) is 12.0. The predicted molar refractivity (Wildman–Crippen MR) is 95.4 cm³/mol. The number of nitrogens with one attached hydrogen (secondary N) is 2. The average Bonchev–Trinajstić information content (AvgIpc) is 2.60. The van der Waals surface area contributed by atoms with Crippen molar-refractivity contribution in [2.24, 2.45) is 0 Å². The standard InChI is InChI=1S/C18H25N3O4/c1-3-19-12-18(24,25-4-2)14-7-8-20-17(9-14)21-11-13-5-6-15(22)10-16(13)23/h5-10,19,22-24H,3-4,11-12H2,1-2H3,(H,20,21). The van der Waals surface area contributed by atoms with E-state index < -0.39 is 5.79 Å². The summed E-state index contributed by atoms with van der Waals surface area (Å²) in [6, 6.07) is 7.83. The molecule has 0 fully saturated rings. The number of benzene rings is 1. The molecule has 0 aliphatic heterocycles. The summed E-state index contributed by atoms with van der Waals surface area (Å²) in [6.07, 6.45) is 1.59. The molecular formula is C18H25N3O4. The number of aliphatic hydroxyl groups is 1. The molecule has 0 radical (unpaired) electrons. The van der Waals surface area contributed by atoms with E-state index in [9.17, 15) is 15.3 Å². The Bertz CT molecular complexity index is 696. The lowest BCUT2D eigenvalue weighted by atomic mass is 10.1. The minimum absolute atomic E-state index is 0.00150. The van der Waals surface area contributed by atoms with Gasteiger partial charge in [-0.2, -0.15) is 0 Å². The van der Waals surface area contributed by atoms with Crippen LogP contribution < -0.4 is 10.6 Å². The number of rotatable bonds is 9. The maximum absolute atomic E-state index is 10.8. The molecule has 2 aromatic rings. The normalized spacial score (nSPS) is 13.4. The van der Waals surface area contributed by atoms with Crippen LogP contribution >= 0.6 is 0 Å². The topological polar surface area (TPSA) is 107 Å². The van der Waals surface area contributed by atoms with Gasteiger partial charge >= 0.3 is 0 Å². The van der Waals surface area contributed by atoms with Gasteiger partial charge in [0.2, 0.25) is 5.79 Å². The van der Waals surface area contributed by atoms with Crippen LogP contribution in [0, 0.1) is 0 Å². The van der Waals surface area contributed by atoms with Gasteiger partial charge in [0.1, 0.15) is 17.3 Å². The van der Waals surface area contributed by atoms with Gasteiger partial charge in [0.15, 0.2) is 0 Å². The fourth-order valence-corrected chi connectivity index (χ4v) is 2.43. The van der Waals surface area contributed by atoms with Crippen LogP contribution in [-0.2, 0) is 17.1 Å². The lowest BCUT2D eigenvalue weighted by Gasteiger charge is -2.28. The third-order valence-electron chi connectivity index (χ3n) is 3.74. The monoisotopic (exact) mass is 347 g/mol. The number of ether oxygens (including phenoxy) is 1. The lowest BCUT2D eigenvalue weighted by molar-refractivity contribution is -0.205. The highest BCUT2D eigenvalue weighted by Gasteiger charge is 2.29. The number of hydrogen-bond donors (Lipinski definition) is 5. The summed E-state index contributed by atoms with van der Waals surface area (Å²) in [5.41, 5.74) is 1.21. The molecule has 1 aromatic carbocycles. The molecular weight excluding hydrogens is 322 g/mol. The Morgan fingerprint density at radius 1 is 1.16 bits per heavy atom. The second kappa shape index (κ2) is 8.66. The van der Waals surface area contributed by atoms with Gasteiger partial charge in [0.05, 0.1) is 6.54 Å². The molecule has 0 aliphatic rings. The Kier molecular flexibility index (Phi) is 6.58. The number of phenols is 2. The summed E-state index contributed by atoms with van der Waals surface area (Å²) in [5, 5.41) is 36.1. The van der Waals surface area contributed by atoms with Crippen LogP contribution in [0.1, 0.15) is 25.0 Å². The van der Waals surface area contributed by atoms with Gasteiger partial charge in [-0.05, 0) is 37.7 Å². The molecule has 0 aliphatic carbocycles. The van der Waals surface area contributed by atoms with Crippen molar-refractivity contribution in [3.05, 3.63) is 47.7 Å². The highest BCUT2D eigenvalue weighted by Crippen LogP contribution is 2.26. The van der Waals surface area contributed by atoms with Gasteiger partial charge in [-0.3, -0.25) is 0 Å². The number of aromatic hydroxyl groups is 2. The summed E-state index contributed by atoms with van der Waals surface area (Å²) in [6.45, 7) is 5.45. The van der Waals surface area contributed by atoms with Gasteiger partial charge < -0.3 is 30.7 Å². The van der Waals surface area contributed by atoms with E-state index in [0.29, 0.717) is 36.6 Å². The molecule has 1 atom stereocenters. The summed E-state index contributed by atoms with van der Waals surface area (Å²) in [5.74, 6) is -0.891. The Balaban J connectivity index is 2.14. The fourth-order valence-electron chi connectivity index (χ4n) is 2.43. The number of aromatic nitrogens is 1. The molecule has 0 saturated carbocycles. The largest absolute Gasteiger partial charge is 0.508 e.